The minimum atomic E-state index is -1.00. The van der Waals surface area contributed by atoms with Crippen molar-refractivity contribution in [3.05, 3.63) is 56.6 Å². The van der Waals surface area contributed by atoms with Crippen LogP contribution in [0.3, 0.4) is 0 Å². The first-order valence-corrected chi connectivity index (χ1v) is 6.97. The standard InChI is InChI=1S/C14H12N2O3S/c1-8(12-3-2-6-20-12)16-11-7-9(13(17)18)4-5-10(11)15-14(16)19/h2-8H,1H3,(H,15,19)(H,17,18). The first kappa shape index (κ1) is 12.7. The summed E-state index contributed by atoms with van der Waals surface area (Å²) < 4.78 is 1.59. The van der Waals surface area contributed by atoms with Crippen molar-refractivity contribution < 1.29 is 9.90 Å². The molecule has 102 valence electrons. The number of aromatic carboxylic acids is 1. The summed E-state index contributed by atoms with van der Waals surface area (Å²) in [6, 6.07) is 8.39. The number of aromatic nitrogens is 2. The molecule has 2 N–H and O–H groups in total. The van der Waals surface area contributed by atoms with E-state index in [1.54, 1.807) is 22.0 Å². The summed E-state index contributed by atoms with van der Waals surface area (Å²) in [5.74, 6) is -1.00. The number of nitrogens with one attached hydrogen (secondary N) is 1. The van der Waals surface area contributed by atoms with E-state index in [2.05, 4.69) is 4.98 Å². The Balaban J connectivity index is 2.23. The van der Waals surface area contributed by atoms with Crippen LogP contribution in [0.2, 0.25) is 0 Å². The summed E-state index contributed by atoms with van der Waals surface area (Å²) >= 11 is 1.57. The Labute approximate surface area is 118 Å². The van der Waals surface area contributed by atoms with Gasteiger partial charge in [-0.15, -0.1) is 11.3 Å². The molecule has 0 aliphatic heterocycles. The fraction of sp³-hybridized carbons (Fsp3) is 0.143. The van der Waals surface area contributed by atoms with Gasteiger partial charge in [0.05, 0.1) is 22.6 Å². The van der Waals surface area contributed by atoms with Gasteiger partial charge >= 0.3 is 11.7 Å². The largest absolute Gasteiger partial charge is 0.478 e. The molecular formula is C14H12N2O3S. The maximum Gasteiger partial charge on any atom is 0.335 e. The number of rotatable bonds is 3. The van der Waals surface area contributed by atoms with Crippen LogP contribution in [-0.4, -0.2) is 20.6 Å². The number of fused-ring (bicyclic) bond motifs is 1. The molecule has 1 unspecified atom stereocenters. The van der Waals surface area contributed by atoms with E-state index < -0.39 is 5.97 Å². The van der Waals surface area contributed by atoms with Crippen LogP contribution in [0.15, 0.2) is 40.5 Å². The van der Waals surface area contributed by atoms with Gasteiger partial charge in [-0.05, 0) is 36.6 Å². The number of carboxylic acids is 1. The zero-order chi connectivity index (χ0) is 14.3. The Hall–Kier alpha value is -2.34. The van der Waals surface area contributed by atoms with Crippen molar-refractivity contribution in [3.8, 4) is 0 Å². The molecule has 6 heteroatoms. The normalized spacial score (nSPS) is 12.7. The molecule has 20 heavy (non-hydrogen) atoms. The highest BCUT2D eigenvalue weighted by Crippen LogP contribution is 2.25. The molecule has 1 atom stereocenters. The molecule has 2 heterocycles. The summed E-state index contributed by atoms with van der Waals surface area (Å²) in [6.07, 6.45) is 0. The van der Waals surface area contributed by atoms with Gasteiger partial charge in [0, 0.05) is 4.88 Å². The Morgan fingerprint density at radius 3 is 2.85 bits per heavy atom. The third-order valence-electron chi connectivity index (χ3n) is 3.31. The molecule has 1 aromatic carbocycles. The Bertz CT molecular complexity index is 830. The van der Waals surface area contributed by atoms with Gasteiger partial charge in [0.2, 0.25) is 0 Å². The molecule has 0 radical (unpaired) electrons. The van der Waals surface area contributed by atoms with Crippen molar-refractivity contribution in [1.82, 2.24) is 9.55 Å². The second-order valence-corrected chi connectivity index (χ2v) is 5.51. The van der Waals surface area contributed by atoms with E-state index in [0.717, 1.165) is 4.88 Å². The van der Waals surface area contributed by atoms with Gasteiger partial charge in [0.25, 0.3) is 0 Å². The van der Waals surface area contributed by atoms with E-state index in [4.69, 9.17) is 5.11 Å². The molecule has 2 aromatic heterocycles. The highest BCUT2D eigenvalue weighted by molar-refractivity contribution is 7.10. The van der Waals surface area contributed by atoms with Crippen molar-refractivity contribution in [3.63, 3.8) is 0 Å². The van der Waals surface area contributed by atoms with E-state index in [0.29, 0.717) is 11.0 Å². The van der Waals surface area contributed by atoms with E-state index in [1.165, 1.54) is 12.1 Å². The smallest absolute Gasteiger partial charge is 0.335 e. The summed E-state index contributed by atoms with van der Waals surface area (Å²) in [5, 5.41) is 11.0. The van der Waals surface area contributed by atoms with E-state index in [1.807, 2.05) is 24.4 Å². The minimum Gasteiger partial charge on any atom is -0.478 e. The van der Waals surface area contributed by atoms with Crippen LogP contribution in [0.4, 0.5) is 0 Å². The van der Waals surface area contributed by atoms with Crippen LogP contribution in [0.25, 0.3) is 11.0 Å². The number of nitrogens with zero attached hydrogens (tertiary/aromatic N) is 1. The summed E-state index contributed by atoms with van der Waals surface area (Å²) in [6.45, 7) is 1.92. The number of thiophene rings is 1. The number of aromatic amines is 1. The number of benzene rings is 1. The SMILES string of the molecule is CC(c1cccs1)n1c(=O)[nH]c2ccc(C(=O)O)cc21. The van der Waals surface area contributed by atoms with Crippen LogP contribution in [0, 0.1) is 0 Å². The summed E-state index contributed by atoms with van der Waals surface area (Å²) in [5.41, 5.74) is 1.19. The third-order valence-corrected chi connectivity index (χ3v) is 4.35. The number of imidazole rings is 1. The lowest BCUT2D eigenvalue weighted by Crippen LogP contribution is -2.20. The lowest BCUT2D eigenvalue weighted by Gasteiger charge is -2.11. The molecule has 0 amide bonds. The molecule has 0 fully saturated rings. The van der Waals surface area contributed by atoms with Crippen molar-refractivity contribution in [2.24, 2.45) is 0 Å². The molecule has 0 aliphatic rings. The third kappa shape index (κ3) is 1.94. The van der Waals surface area contributed by atoms with Gasteiger partial charge in [0.15, 0.2) is 0 Å². The van der Waals surface area contributed by atoms with Gasteiger partial charge < -0.3 is 10.1 Å². The average molecular weight is 288 g/mol. The lowest BCUT2D eigenvalue weighted by atomic mass is 10.2. The van der Waals surface area contributed by atoms with Gasteiger partial charge in [-0.25, -0.2) is 9.59 Å². The number of carboxylic acid groups (broad SMARTS) is 1. The first-order chi connectivity index (χ1) is 9.58. The number of carbonyl (C=O) groups is 1. The average Bonchev–Trinajstić information content (AvgIpc) is 3.03. The van der Waals surface area contributed by atoms with E-state index in [-0.39, 0.29) is 17.3 Å². The van der Waals surface area contributed by atoms with Crippen molar-refractivity contribution in [2.45, 2.75) is 13.0 Å². The molecular weight excluding hydrogens is 276 g/mol. The van der Waals surface area contributed by atoms with E-state index in [9.17, 15) is 9.59 Å². The molecule has 3 aromatic rings. The van der Waals surface area contributed by atoms with Crippen molar-refractivity contribution >= 4 is 28.3 Å². The predicted octanol–water partition coefficient (Wildman–Crippen LogP) is 2.70. The number of hydrogen-bond donors (Lipinski definition) is 2. The highest BCUT2D eigenvalue weighted by Gasteiger charge is 2.16. The predicted molar refractivity (Wildman–Crippen MR) is 77.7 cm³/mol. The van der Waals surface area contributed by atoms with Crippen LogP contribution >= 0.6 is 11.3 Å². The van der Waals surface area contributed by atoms with Gasteiger partial charge in [-0.3, -0.25) is 4.57 Å². The van der Waals surface area contributed by atoms with Crippen LogP contribution in [0.5, 0.6) is 0 Å². The zero-order valence-corrected chi connectivity index (χ0v) is 11.5. The second-order valence-electron chi connectivity index (χ2n) is 4.53. The van der Waals surface area contributed by atoms with Crippen LogP contribution in [0.1, 0.15) is 28.2 Å². The summed E-state index contributed by atoms with van der Waals surface area (Å²) in [7, 11) is 0. The molecule has 0 aliphatic carbocycles. The van der Waals surface area contributed by atoms with Gasteiger partial charge in [-0.1, -0.05) is 6.07 Å². The number of hydrogen-bond acceptors (Lipinski definition) is 3. The second kappa shape index (κ2) is 4.64. The van der Waals surface area contributed by atoms with E-state index >= 15 is 0 Å². The molecule has 3 rings (SSSR count). The Kier molecular flexibility index (Phi) is 2.94. The van der Waals surface area contributed by atoms with Gasteiger partial charge in [-0.2, -0.15) is 0 Å². The van der Waals surface area contributed by atoms with Crippen LogP contribution in [-0.2, 0) is 0 Å². The van der Waals surface area contributed by atoms with Crippen LogP contribution < -0.4 is 5.69 Å². The monoisotopic (exact) mass is 288 g/mol. The Morgan fingerprint density at radius 1 is 1.40 bits per heavy atom. The summed E-state index contributed by atoms with van der Waals surface area (Å²) in [4.78, 5) is 27.0. The zero-order valence-electron chi connectivity index (χ0n) is 10.7. The Morgan fingerprint density at radius 2 is 2.20 bits per heavy atom. The minimum absolute atomic E-state index is 0.139. The lowest BCUT2D eigenvalue weighted by molar-refractivity contribution is 0.0697. The molecule has 0 bridgehead atoms. The molecule has 0 saturated carbocycles. The fourth-order valence-electron chi connectivity index (χ4n) is 2.30. The van der Waals surface area contributed by atoms with Gasteiger partial charge in [0.1, 0.15) is 0 Å². The fourth-order valence-corrected chi connectivity index (χ4v) is 3.07. The van der Waals surface area contributed by atoms with Crippen molar-refractivity contribution in [2.75, 3.05) is 0 Å². The maximum atomic E-state index is 12.1. The topological polar surface area (TPSA) is 75.1 Å². The molecule has 0 spiro atoms. The maximum absolute atomic E-state index is 12.1. The van der Waals surface area contributed by atoms with Crippen molar-refractivity contribution in [1.29, 1.82) is 0 Å². The highest BCUT2D eigenvalue weighted by atomic mass is 32.1. The first-order valence-electron chi connectivity index (χ1n) is 6.09. The quantitative estimate of drug-likeness (QED) is 0.778. The molecule has 0 saturated heterocycles. The molecule has 5 nitrogen and oxygen atoms in total. The number of H-pyrrole nitrogens is 1.